The lowest BCUT2D eigenvalue weighted by molar-refractivity contribution is -0.118. The maximum atomic E-state index is 13.5. The van der Waals surface area contributed by atoms with Gasteiger partial charge in [0.1, 0.15) is 6.54 Å². The normalized spacial score (nSPS) is 16.0. The highest BCUT2D eigenvalue weighted by Crippen LogP contribution is 2.32. The van der Waals surface area contributed by atoms with E-state index in [0.29, 0.717) is 11.6 Å². The Morgan fingerprint density at radius 2 is 1.73 bits per heavy atom. The van der Waals surface area contributed by atoms with Gasteiger partial charge in [0, 0.05) is 10.9 Å². The first kappa shape index (κ1) is 24.5. The van der Waals surface area contributed by atoms with E-state index in [1.54, 1.807) is 5.01 Å². The van der Waals surface area contributed by atoms with Gasteiger partial charge in [-0.25, -0.2) is 14.5 Å². The summed E-state index contributed by atoms with van der Waals surface area (Å²) in [5, 5.41) is 11.9. The molecule has 2 atom stereocenters. The Hall–Kier alpha value is -4.17. The van der Waals surface area contributed by atoms with E-state index in [1.165, 1.54) is 9.25 Å². The standard InChI is InChI=1S/C28H27ClN6O2/c1-18-8-10-20(11-9-18)19(2)35-28(37)33(17-25(30)36)27(32-35)34-16-24(21-6-4-3-5-7-21)26(31-34)22-12-14-23(29)15-13-22/h3-15,19,24H,16-17H2,1-2H3,(H2,30,36)/t19-,24+/m0/s1. The molecule has 9 heteroatoms. The van der Waals surface area contributed by atoms with Crippen molar-refractivity contribution in [1.29, 1.82) is 0 Å². The molecule has 188 valence electrons. The summed E-state index contributed by atoms with van der Waals surface area (Å²) in [6.45, 7) is 4.05. The molecular formula is C28H27ClN6O2. The van der Waals surface area contributed by atoms with E-state index >= 15 is 0 Å². The van der Waals surface area contributed by atoms with Gasteiger partial charge in [-0.15, -0.1) is 5.10 Å². The summed E-state index contributed by atoms with van der Waals surface area (Å²) in [5.74, 6) is -0.446. The number of rotatable bonds is 7. The summed E-state index contributed by atoms with van der Waals surface area (Å²) in [4.78, 5) is 25.4. The van der Waals surface area contributed by atoms with Crippen molar-refractivity contribution in [2.75, 3.05) is 11.6 Å². The number of benzene rings is 3. The number of hydrogen-bond donors (Lipinski definition) is 1. The highest BCUT2D eigenvalue weighted by molar-refractivity contribution is 6.30. The molecule has 5 rings (SSSR count). The molecule has 8 nitrogen and oxygen atoms in total. The van der Waals surface area contributed by atoms with Gasteiger partial charge >= 0.3 is 5.69 Å². The summed E-state index contributed by atoms with van der Waals surface area (Å²) < 4.78 is 2.68. The molecule has 0 radical (unpaired) electrons. The van der Waals surface area contributed by atoms with E-state index in [4.69, 9.17) is 22.4 Å². The Balaban J connectivity index is 1.60. The van der Waals surface area contributed by atoms with Gasteiger partial charge in [-0.05, 0) is 42.7 Å². The van der Waals surface area contributed by atoms with Crippen LogP contribution in [0, 0.1) is 6.92 Å². The predicted molar refractivity (Wildman–Crippen MR) is 145 cm³/mol. The molecular weight excluding hydrogens is 488 g/mol. The van der Waals surface area contributed by atoms with Gasteiger partial charge in [0.25, 0.3) is 0 Å². The third kappa shape index (κ3) is 4.93. The van der Waals surface area contributed by atoms with Crippen molar-refractivity contribution in [2.45, 2.75) is 32.4 Å². The molecule has 0 unspecified atom stereocenters. The third-order valence-electron chi connectivity index (χ3n) is 6.59. The average Bonchev–Trinajstić information content (AvgIpc) is 3.47. The molecule has 4 aromatic rings. The van der Waals surface area contributed by atoms with Crippen molar-refractivity contribution < 1.29 is 4.79 Å². The van der Waals surface area contributed by atoms with E-state index in [0.717, 1.165) is 28.0 Å². The number of nitrogens with zero attached hydrogens (tertiary/aromatic N) is 5. The first-order chi connectivity index (χ1) is 17.8. The minimum absolute atomic E-state index is 0.0841. The van der Waals surface area contributed by atoms with Crippen molar-refractivity contribution in [2.24, 2.45) is 10.8 Å². The fourth-order valence-electron chi connectivity index (χ4n) is 4.58. The number of nitrogens with two attached hydrogens (primary N) is 1. The van der Waals surface area contributed by atoms with Crippen LogP contribution in [0.5, 0.6) is 0 Å². The minimum atomic E-state index is -0.633. The van der Waals surface area contributed by atoms with Crippen molar-refractivity contribution in [3.8, 4) is 0 Å². The van der Waals surface area contributed by atoms with Crippen LogP contribution in [0.15, 0.2) is 88.8 Å². The quantitative estimate of drug-likeness (QED) is 0.401. The van der Waals surface area contributed by atoms with Crippen molar-refractivity contribution in [1.82, 2.24) is 14.3 Å². The highest BCUT2D eigenvalue weighted by Gasteiger charge is 2.33. The molecule has 0 aliphatic carbocycles. The minimum Gasteiger partial charge on any atom is -0.368 e. The van der Waals surface area contributed by atoms with Gasteiger partial charge in [-0.1, -0.05) is 83.9 Å². The zero-order chi connectivity index (χ0) is 26.1. The number of halogens is 1. The lowest BCUT2D eigenvalue weighted by Crippen LogP contribution is -2.33. The van der Waals surface area contributed by atoms with Crippen LogP contribution in [-0.2, 0) is 11.3 Å². The molecule has 0 bridgehead atoms. The molecule has 0 saturated carbocycles. The second kappa shape index (κ2) is 10.1. The molecule has 3 aromatic carbocycles. The Labute approximate surface area is 219 Å². The van der Waals surface area contributed by atoms with Gasteiger partial charge in [-0.2, -0.15) is 5.10 Å². The molecule has 1 aliphatic rings. The summed E-state index contributed by atoms with van der Waals surface area (Å²) in [6.07, 6.45) is 0. The fourth-order valence-corrected chi connectivity index (χ4v) is 4.71. The van der Waals surface area contributed by atoms with Crippen LogP contribution in [-0.4, -0.2) is 32.5 Å². The number of anilines is 1. The first-order valence-corrected chi connectivity index (χ1v) is 12.4. The maximum Gasteiger partial charge on any atom is 0.348 e. The smallest absolute Gasteiger partial charge is 0.348 e. The average molecular weight is 515 g/mol. The predicted octanol–water partition coefficient (Wildman–Crippen LogP) is 4.11. The largest absolute Gasteiger partial charge is 0.368 e. The van der Waals surface area contributed by atoms with Gasteiger partial charge in [0.2, 0.25) is 11.9 Å². The number of carbonyl (C=O) groups excluding carboxylic acids is 1. The maximum absolute atomic E-state index is 13.5. The van der Waals surface area contributed by atoms with Crippen molar-refractivity contribution in [3.63, 3.8) is 0 Å². The van der Waals surface area contributed by atoms with Crippen LogP contribution in [0.25, 0.3) is 0 Å². The lowest BCUT2D eigenvalue weighted by Gasteiger charge is -2.16. The van der Waals surface area contributed by atoms with E-state index < -0.39 is 11.6 Å². The van der Waals surface area contributed by atoms with Crippen LogP contribution >= 0.6 is 11.6 Å². The second-order valence-electron chi connectivity index (χ2n) is 9.20. The number of carbonyl (C=O) groups is 1. The number of aromatic nitrogens is 3. The zero-order valence-electron chi connectivity index (χ0n) is 20.6. The van der Waals surface area contributed by atoms with E-state index in [2.05, 4.69) is 5.10 Å². The Morgan fingerprint density at radius 1 is 1.05 bits per heavy atom. The van der Waals surface area contributed by atoms with E-state index in [-0.39, 0.29) is 24.5 Å². The van der Waals surface area contributed by atoms with Gasteiger partial charge < -0.3 is 5.73 Å². The van der Waals surface area contributed by atoms with Crippen LogP contribution in [0.3, 0.4) is 0 Å². The molecule has 0 spiro atoms. The number of hydrogen-bond acceptors (Lipinski definition) is 5. The lowest BCUT2D eigenvalue weighted by atomic mass is 9.91. The van der Waals surface area contributed by atoms with Crippen LogP contribution in [0.2, 0.25) is 5.02 Å². The van der Waals surface area contributed by atoms with E-state index in [1.807, 2.05) is 92.7 Å². The van der Waals surface area contributed by atoms with Crippen molar-refractivity contribution in [3.05, 3.63) is 117 Å². The number of primary amides is 1. The van der Waals surface area contributed by atoms with Gasteiger partial charge in [0.05, 0.1) is 18.3 Å². The summed E-state index contributed by atoms with van der Waals surface area (Å²) in [6, 6.07) is 25.1. The van der Waals surface area contributed by atoms with Crippen LogP contribution in [0.1, 0.15) is 41.1 Å². The summed E-state index contributed by atoms with van der Waals surface area (Å²) in [7, 11) is 0. The third-order valence-corrected chi connectivity index (χ3v) is 6.84. The molecule has 2 N–H and O–H groups in total. The number of hydrazone groups is 1. The van der Waals surface area contributed by atoms with Gasteiger partial charge in [-0.3, -0.25) is 9.36 Å². The Bertz CT molecular complexity index is 1510. The SMILES string of the molecule is Cc1ccc([C@H](C)n2nc(N3C[C@H](c4ccccc4)C(c4ccc(Cl)cc4)=N3)n(CC(N)=O)c2=O)cc1. The number of aryl methyl sites for hydroxylation is 1. The molecule has 1 aliphatic heterocycles. The van der Waals surface area contributed by atoms with Crippen molar-refractivity contribution >= 4 is 29.2 Å². The summed E-state index contributed by atoms with van der Waals surface area (Å²) >= 11 is 6.13. The Kier molecular flexibility index (Phi) is 6.67. The van der Waals surface area contributed by atoms with E-state index in [9.17, 15) is 9.59 Å². The zero-order valence-corrected chi connectivity index (χ0v) is 21.3. The molecule has 37 heavy (non-hydrogen) atoms. The van der Waals surface area contributed by atoms with Crippen LogP contribution in [0.4, 0.5) is 5.95 Å². The highest BCUT2D eigenvalue weighted by atomic mass is 35.5. The molecule has 1 amide bonds. The summed E-state index contributed by atoms with van der Waals surface area (Å²) in [5.41, 5.74) is 9.96. The molecule has 0 fully saturated rings. The van der Waals surface area contributed by atoms with Gasteiger partial charge in [0.15, 0.2) is 0 Å². The number of amides is 1. The Morgan fingerprint density at radius 3 is 2.38 bits per heavy atom. The van der Waals surface area contributed by atoms with Crippen LogP contribution < -0.4 is 16.4 Å². The molecule has 0 saturated heterocycles. The second-order valence-corrected chi connectivity index (χ2v) is 9.64. The molecule has 1 aromatic heterocycles. The monoisotopic (exact) mass is 514 g/mol. The fraction of sp³-hybridized carbons (Fsp3) is 0.214. The first-order valence-electron chi connectivity index (χ1n) is 12.0. The topological polar surface area (TPSA) is 98.5 Å². The molecule has 2 heterocycles.